The van der Waals surface area contributed by atoms with Crippen molar-refractivity contribution in [1.29, 1.82) is 0 Å². The molecule has 1 aromatic carbocycles. The highest BCUT2D eigenvalue weighted by Crippen LogP contribution is 2.21. The predicted octanol–water partition coefficient (Wildman–Crippen LogP) is 3.33. The van der Waals surface area contributed by atoms with Gasteiger partial charge in [-0.2, -0.15) is 0 Å². The van der Waals surface area contributed by atoms with Crippen molar-refractivity contribution in [2.45, 2.75) is 51.4 Å². The van der Waals surface area contributed by atoms with E-state index in [2.05, 4.69) is 34.5 Å². The Kier molecular flexibility index (Phi) is 5.78. The minimum Gasteiger partial charge on any atom is -0.429 e. The SMILES string of the molecule is C[Si](C)(C)c1ccc(C(=O)OOOC(=O)OC2CCCC2)cc1. The molecule has 0 atom stereocenters. The molecule has 1 aliphatic carbocycles. The van der Waals surface area contributed by atoms with E-state index in [9.17, 15) is 9.59 Å². The molecule has 0 amide bonds. The van der Waals surface area contributed by atoms with Crippen molar-refractivity contribution < 1.29 is 29.1 Å². The smallest absolute Gasteiger partial charge is 0.429 e. The topological polar surface area (TPSA) is 71.1 Å². The van der Waals surface area contributed by atoms with Crippen LogP contribution in [-0.2, 0) is 19.6 Å². The van der Waals surface area contributed by atoms with Gasteiger partial charge in [0, 0.05) is 0 Å². The molecule has 7 heteroatoms. The minimum atomic E-state index is -1.42. The van der Waals surface area contributed by atoms with E-state index in [1.54, 1.807) is 12.1 Å². The Morgan fingerprint density at radius 2 is 1.61 bits per heavy atom. The molecule has 6 nitrogen and oxygen atoms in total. The van der Waals surface area contributed by atoms with Crippen molar-refractivity contribution >= 4 is 25.4 Å². The fraction of sp³-hybridized carbons (Fsp3) is 0.500. The van der Waals surface area contributed by atoms with E-state index in [0.717, 1.165) is 25.7 Å². The van der Waals surface area contributed by atoms with E-state index in [1.807, 2.05) is 12.1 Å². The first-order chi connectivity index (χ1) is 10.9. The molecule has 1 fully saturated rings. The summed E-state index contributed by atoms with van der Waals surface area (Å²) in [5, 5.41) is 5.43. The zero-order valence-corrected chi connectivity index (χ0v) is 14.7. The average Bonchev–Trinajstić information content (AvgIpc) is 2.99. The summed E-state index contributed by atoms with van der Waals surface area (Å²) in [7, 11) is -1.42. The van der Waals surface area contributed by atoms with E-state index in [-0.39, 0.29) is 6.10 Å². The minimum absolute atomic E-state index is 0.143. The Balaban J connectivity index is 1.75. The van der Waals surface area contributed by atoms with E-state index < -0.39 is 20.2 Å². The van der Waals surface area contributed by atoms with Gasteiger partial charge in [-0.25, -0.2) is 14.5 Å². The molecular formula is C16H22O6Si. The van der Waals surface area contributed by atoms with Crippen molar-refractivity contribution in [3.63, 3.8) is 0 Å². The molecule has 0 saturated heterocycles. The van der Waals surface area contributed by atoms with Gasteiger partial charge in [0.15, 0.2) is 0 Å². The third-order valence-corrected chi connectivity index (χ3v) is 5.83. The van der Waals surface area contributed by atoms with Crippen LogP contribution < -0.4 is 5.19 Å². The van der Waals surface area contributed by atoms with Crippen LogP contribution >= 0.6 is 0 Å². The van der Waals surface area contributed by atoms with E-state index in [1.165, 1.54) is 5.19 Å². The number of hydrogen-bond acceptors (Lipinski definition) is 6. The maximum absolute atomic E-state index is 11.8. The summed E-state index contributed by atoms with van der Waals surface area (Å²) in [5.74, 6) is -0.735. The van der Waals surface area contributed by atoms with Crippen LogP contribution in [0.2, 0.25) is 19.6 Å². The summed E-state index contributed by atoms with van der Waals surface area (Å²) in [6.07, 6.45) is 2.55. The third kappa shape index (κ3) is 5.37. The number of carbonyl (C=O) groups excluding carboxylic acids is 2. The predicted molar refractivity (Wildman–Crippen MR) is 85.7 cm³/mol. The van der Waals surface area contributed by atoms with Crippen LogP contribution in [0.5, 0.6) is 0 Å². The third-order valence-electron chi connectivity index (χ3n) is 3.76. The van der Waals surface area contributed by atoms with Crippen molar-refractivity contribution in [2.75, 3.05) is 0 Å². The van der Waals surface area contributed by atoms with Gasteiger partial charge >= 0.3 is 12.1 Å². The number of benzene rings is 1. The lowest BCUT2D eigenvalue weighted by Crippen LogP contribution is -2.37. The lowest BCUT2D eigenvalue weighted by molar-refractivity contribution is -0.453. The van der Waals surface area contributed by atoms with Gasteiger partial charge < -0.3 is 4.74 Å². The second-order valence-electron chi connectivity index (χ2n) is 6.62. The van der Waals surface area contributed by atoms with Crippen molar-refractivity contribution in [2.24, 2.45) is 0 Å². The summed E-state index contributed by atoms with van der Waals surface area (Å²) in [4.78, 5) is 31.8. The first-order valence-corrected chi connectivity index (χ1v) is 11.2. The summed E-state index contributed by atoms with van der Waals surface area (Å²) < 4.78 is 4.98. The highest BCUT2D eigenvalue weighted by atomic mass is 28.3. The first kappa shape index (κ1) is 17.5. The monoisotopic (exact) mass is 338 g/mol. The fourth-order valence-electron chi connectivity index (χ4n) is 2.39. The Morgan fingerprint density at radius 3 is 2.17 bits per heavy atom. The lowest BCUT2D eigenvalue weighted by atomic mass is 10.2. The summed E-state index contributed by atoms with van der Waals surface area (Å²) >= 11 is 0. The van der Waals surface area contributed by atoms with Crippen LogP contribution in [0.3, 0.4) is 0 Å². The molecule has 1 aromatic rings. The summed E-state index contributed by atoms with van der Waals surface area (Å²) in [6, 6.07) is 7.13. The van der Waals surface area contributed by atoms with Crippen LogP contribution in [0.25, 0.3) is 0 Å². The zero-order valence-electron chi connectivity index (χ0n) is 13.7. The van der Waals surface area contributed by atoms with Crippen molar-refractivity contribution in [3.8, 4) is 0 Å². The van der Waals surface area contributed by atoms with E-state index >= 15 is 0 Å². The number of carbonyl (C=O) groups is 2. The van der Waals surface area contributed by atoms with Crippen LogP contribution in [-0.4, -0.2) is 26.3 Å². The van der Waals surface area contributed by atoms with Crippen LogP contribution in [0.4, 0.5) is 4.79 Å². The van der Waals surface area contributed by atoms with Crippen molar-refractivity contribution in [3.05, 3.63) is 29.8 Å². The molecule has 23 heavy (non-hydrogen) atoms. The normalized spacial score (nSPS) is 15.3. The van der Waals surface area contributed by atoms with Crippen molar-refractivity contribution in [1.82, 2.24) is 0 Å². The average molecular weight is 338 g/mol. The Labute approximate surface area is 136 Å². The molecule has 126 valence electrons. The maximum Gasteiger partial charge on any atom is 0.543 e. The molecule has 0 unspecified atom stereocenters. The molecular weight excluding hydrogens is 316 g/mol. The van der Waals surface area contributed by atoms with E-state index in [4.69, 9.17) is 4.74 Å². The van der Waals surface area contributed by atoms with Gasteiger partial charge in [-0.3, -0.25) is 4.89 Å². The molecule has 0 N–H and O–H groups in total. The van der Waals surface area contributed by atoms with Gasteiger partial charge in [-0.15, -0.1) is 0 Å². The highest BCUT2D eigenvalue weighted by Gasteiger charge is 2.21. The fourth-order valence-corrected chi connectivity index (χ4v) is 3.56. The van der Waals surface area contributed by atoms with Crippen LogP contribution in [0.15, 0.2) is 24.3 Å². The zero-order chi connectivity index (χ0) is 16.9. The molecule has 0 aromatic heterocycles. The molecule has 0 radical (unpaired) electrons. The molecule has 0 heterocycles. The number of hydrogen-bond donors (Lipinski definition) is 0. The van der Waals surface area contributed by atoms with Crippen LogP contribution in [0, 0.1) is 0 Å². The standard InChI is InChI=1S/C16H22O6Si/c1-23(2,3)14-10-8-12(9-11-14)15(17)20-22-21-16(18)19-13-6-4-5-7-13/h8-11,13H,4-7H2,1-3H3. The molecule has 0 aliphatic heterocycles. The first-order valence-electron chi connectivity index (χ1n) is 7.73. The van der Waals surface area contributed by atoms with Gasteiger partial charge in [0.05, 0.1) is 18.7 Å². The second kappa shape index (κ2) is 7.61. The highest BCUT2D eigenvalue weighted by molar-refractivity contribution is 6.88. The largest absolute Gasteiger partial charge is 0.543 e. The molecule has 0 bridgehead atoms. The molecule has 1 aliphatic rings. The maximum atomic E-state index is 11.8. The van der Waals surface area contributed by atoms with E-state index in [0.29, 0.717) is 5.56 Å². The molecule has 1 saturated carbocycles. The molecule has 2 rings (SSSR count). The van der Waals surface area contributed by atoms with Gasteiger partial charge in [0.25, 0.3) is 0 Å². The Hall–Kier alpha value is -1.86. The lowest BCUT2D eigenvalue weighted by Gasteiger charge is -2.16. The molecule has 0 spiro atoms. The Morgan fingerprint density at radius 1 is 1.00 bits per heavy atom. The summed E-state index contributed by atoms with van der Waals surface area (Å²) in [6.45, 7) is 6.65. The summed E-state index contributed by atoms with van der Waals surface area (Å²) in [5.41, 5.74) is 0.319. The second-order valence-corrected chi connectivity index (χ2v) is 11.7. The quantitative estimate of drug-likeness (QED) is 0.355. The van der Waals surface area contributed by atoms with Gasteiger partial charge in [0.1, 0.15) is 6.10 Å². The van der Waals surface area contributed by atoms with Gasteiger partial charge in [0.2, 0.25) is 0 Å². The van der Waals surface area contributed by atoms with Crippen LogP contribution in [0.1, 0.15) is 36.0 Å². The Bertz CT molecular complexity index is 543. The van der Waals surface area contributed by atoms with Gasteiger partial charge in [-0.05, 0) is 37.8 Å². The number of ether oxygens (including phenoxy) is 1. The van der Waals surface area contributed by atoms with Gasteiger partial charge in [-0.1, -0.05) is 37.0 Å². The number of rotatable bonds is 5.